The summed E-state index contributed by atoms with van der Waals surface area (Å²) in [5, 5.41) is 16.7. The van der Waals surface area contributed by atoms with Crippen molar-refractivity contribution in [2.24, 2.45) is 5.41 Å². The highest BCUT2D eigenvalue weighted by molar-refractivity contribution is 6.44. The number of hydrogen-bond acceptors (Lipinski definition) is 6. The van der Waals surface area contributed by atoms with E-state index in [2.05, 4.69) is 17.2 Å². The summed E-state index contributed by atoms with van der Waals surface area (Å²) in [7, 11) is 0. The van der Waals surface area contributed by atoms with Gasteiger partial charge >= 0.3 is 6.03 Å². The number of rotatable bonds is 4. The van der Waals surface area contributed by atoms with Crippen LogP contribution >= 0.6 is 0 Å². The molecule has 1 aliphatic carbocycles. The van der Waals surface area contributed by atoms with Crippen LogP contribution in [0.1, 0.15) is 60.8 Å². The minimum Gasteiger partial charge on any atom is -0.324 e. The quantitative estimate of drug-likeness (QED) is 0.351. The summed E-state index contributed by atoms with van der Waals surface area (Å²) in [6, 6.07) is 3.23. The largest absolute Gasteiger partial charge is 0.324 e. The van der Waals surface area contributed by atoms with Crippen molar-refractivity contribution in [1.82, 2.24) is 10.2 Å². The van der Waals surface area contributed by atoms with Crippen molar-refractivity contribution in [1.29, 1.82) is 10.8 Å². The number of piperidine rings is 1. The molecular formula is C27H30N4O4. The smallest absolute Gasteiger partial charge is 0.324 e. The van der Waals surface area contributed by atoms with Crippen LogP contribution < -0.4 is 5.32 Å². The van der Waals surface area contributed by atoms with Crippen molar-refractivity contribution in [3.63, 3.8) is 0 Å². The molecule has 182 valence electrons. The van der Waals surface area contributed by atoms with Crippen LogP contribution in [0.3, 0.4) is 0 Å². The number of hydrogen-bond donors (Lipinski definition) is 3. The van der Waals surface area contributed by atoms with Gasteiger partial charge in [0, 0.05) is 37.7 Å². The highest BCUT2D eigenvalue weighted by atomic mass is 16.2. The fourth-order valence-corrected chi connectivity index (χ4v) is 5.16. The lowest BCUT2D eigenvalue weighted by atomic mass is 9.62. The number of benzene rings is 1. The van der Waals surface area contributed by atoms with Crippen molar-refractivity contribution in [3.8, 4) is 11.8 Å². The standard InChI is InChI=1S/C27H30N4O4/c1-4-6-19-13-17(2)23(18(3)14-19)24-21(32)15-27(16-22(24)33)8-11-31(12-9-27)26(35)30-25(34)20(29)7-5-10-28/h5,7,10,13-14,24,28-29H,8-9,11-12,15-16H2,1-3H3,(H,30,34,35)/b7-5-,28-10?,29-20?. The number of carbonyl (C=O) groups is 4. The van der Waals surface area contributed by atoms with E-state index in [-0.39, 0.29) is 24.4 Å². The highest BCUT2D eigenvalue weighted by Crippen LogP contribution is 2.46. The van der Waals surface area contributed by atoms with E-state index in [1.165, 1.54) is 11.0 Å². The number of nitrogens with one attached hydrogen (secondary N) is 3. The van der Waals surface area contributed by atoms with Crippen molar-refractivity contribution in [3.05, 3.63) is 46.5 Å². The van der Waals surface area contributed by atoms with Crippen LogP contribution in [-0.2, 0) is 14.4 Å². The molecule has 1 aliphatic heterocycles. The summed E-state index contributed by atoms with van der Waals surface area (Å²) >= 11 is 0. The van der Waals surface area contributed by atoms with E-state index in [1.807, 2.05) is 26.0 Å². The van der Waals surface area contributed by atoms with E-state index in [1.54, 1.807) is 6.92 Å². The number of amides is 3. The molecular weight excluding hydrogens is 444 g/mol. The molecule has 1 saturated carbocycles. The molecule has 1 heterocycles. The van der Waals surface area contributed by atoms with E-state index in [0.717, 1.165) is 34.5 Å². The Morgan fingerprint density at radius 1 is 1.11 bits per heavy atom. The molecule has 8 nitrogen and oxygen atoms in total. The predicted molar refractivity (Wildman–Crippen MR) is 133 cm³/mol. The zero-order valence-corrected chi connectivity index (χ0v) is 20.3. The lowest BCUT2D eigenvalue weighted by molar-refractivity contribution is -0.138. The van der Waals surface area contributed by atoms with Crippen LogP contribution in [0.2, 0.25) is 0 Å². The van der Waals surface area contributed by atoms with Crippen LogP contribution in [0, 0.1) is 41.9 Å². The van der Waals surface area contributed by atoms with E-state index >= 15 is 0 Å². The average molecular weight is 475 g/mol. The Morgan fingerprint density at radius 3 is 2.20 bits per heavy atom. The maximum absolute atomic E-state index is 13.3. The van der Waals surface area contributed by atoms with E-state index in [4.69, 9.17) is 10.8 Å². The number of nitrogens with zero attached hydrogens (tertiary/aromatic N) is 1. The third-order valence-electron chi connectivity index (χ3n) is 6.83. The van der Waals surface area contributed by atoms with Gasteiger partial charge in [-0.15, -0.1) is 5.92 Å². The predicted octanol–water partition coefficient (Wildman–Crippen LogP) is 3.23. The van der Waals surface area contributed by atoms with Crippen molar-refractivity contribution in [2.45, 2.75) is 52.4 Å². The SMILES string of the molecule is CC#Cc1cc(C)c(C2C(=O)CC3(CCN(C(=O)NC(=O)C(=N)/C=C\C=N)CC3)CC2=O)c(C)c1. The van der Waals surface area contributed by atoms with Gasteiger partial charge in [0.25, 0.3) is 5.91 Å². The number of likely N-dealkylation sites (tertiary alicyclic amines) is 1. The van der Waals surface area contributed by atoms with Crippen molar-refractivity contribution >= 4 is 35.4 Å². The van der Waals surface area contributed by atoms with E-state index < -0.39 is 29.0 Å². The van der Waals surface area contributed by atoms with Gasteiger partial charge in [0.2, 0.25) is 0 Å². The molecule has 3 amide bonds. The Balaban J connectivity index is 1.67. The molecule has 8 heteroatoms. The first-order chi connectivity index (χ1) is 16.6. The van der Waals surface area contributed by atoms with Gasteiger partial charge in [-0.25, -0.2) is 4.79 Å². The molecule has 1 aromatic carbocycles. The van der Waals surface area contributed by atoms with Gasteiger partial charge in [-0.3, -0.25) is 25.1 Å². The molecule has 1 saturated heterocycles. The monoisotopic (exact) mass is 474 g/mol. The molecule has 1 spiro atoms. The Kier molecular flexibility index (Phi) is 7.80. The number of Topliss-reactive ketones (excluding diaryl/α,β-unsaturated/α-hetero) is 2. The van der Waals surface area contributed by atoms with Gasteiger partial charge in [0.15, 0.2) is 0 Å². The van der Waals surface area contributed by atoms with E-state index in [0.29, 0.717) is 25.9 Å². The zero-order chi connectivity index (χ0) is 25.8. The molecule has 0 bridgehead atoms. The lowest BCUT2D eigenvalue weighted by Gasteiger charge is -2.44. The molecule has 1 aromatic rings. The van der Waals surface area contributed by atoms with Gasteiger partial charge in [-0.05, 0) is 80.0 Å². The third kappa shape index (κ3) is 5.62. The van der Waals surface area contributed by atoms with Gasteiger partial charge in [-0.1, -0.05) is 5.92 Å². The first-order valence-corrected chi connectivity index (χ1v) is 11.6. The molecule has 3 N–H and O–H groups in total. The molecule has 2 aliphatic rings. The minimum absolute atomic E-state index is 0.0821. The van der Waals surface area contributed by atoms with E-state index in [9.17, 15) is 19.2 Å². The number of urea groups is 1. The Labute approximate surface area is 205 Å². The minimum atomic E-state index is -0.846. The Morgan fingerprint density at radius 2 is 1.69 bits per heavy atom. The first-order valence-electron chi connectivity index (χ1n) is 11.6. The molecule has 0 radical (unpaired) electrons. The summed E-state index contributed by atoms with van der Waals surface area (Å²) in [5.74, 6) is 4.13. The molecule has 0 atom stereocenters. The fourth-order valence-electron chi connectivity index (χ4n) is 5.16. The Bertz CT molecular complexity index is 1150. The highest BCUT2D eigenvalue weighted by Gasteiger charge is 2.47. The third-order valence-corrected chi connectivity index (χ3v) is 6.83. The van der Waals surface area contributed by atoms with Gasteiger partial charge < -0.3 is 10.3 Å². The second-order valence-electron chi connectivity index (χ2n) is 9.30. The first kappa shape index (κ1) is 25.8. The maximum Gasteiger partial charge on any atom is 0.324 e. The maximum atomic E-state index is 13.3. The zero-order valence-electron chi connectivity index (χ0n) is 20.3. The number of allylic oxidation sites excluding steroid dienone is 1. The fraction of sp³-hybridized carbons (Fsp3) is 0.407. The summed E-state index contributed by atoms with van der Waals surface area (Å²) in [6.07, 6.45) is 4.84. The van der Waals surface area contributed by atoms with Crippen molar-refractivity contribution in [2.75, 3.05) is 13.1 Å². The van der Waals surface area contributed by atoms with Gasteiger partial charge in [0.1, 0.15) is 23.2 Å². The number of aryl methyl sites for hydroxylation is 2. The molecule has 0 aromatic heterocycles. The molecule has 35 heavy (non-hydrogen) atoms. The molecule has 3 rings (SSSR count). The van der Waals surface area contributed by atoms with Crippen LogP contribution in [0.4, 0.5) is 4.79 Å². The average Bonchev–Trinajstić information content (AvgIpc) is 2.79. The van der Waals surface area contributed by atoms with Crippen LogP contribution in [0.15, 0.2) is 24.3 Å². The molecule has 2 fully saturated rings. The van der Waals surface area contributed by atoms with Crippen LogP contribution in [-0.4, -0.2) is 53.4 Å². The van der Waals surface area contributed by atoms with Crippen LogP contribution in [0.5, 0.6) is 0 Å². The lowest BCUT2D eigenvalue weighted by Crippen LogP contribution is -2.52. The summed E-state index contributed by atoms with van der Waals surface area (Å²) < 4.78 is 0. The normalized spacial score (nSPS) is 17.7. The number of carbonyl (C=O) groups excluding carboxylic acids is 4. The summed E-state index contributed by atoms with van der Waals surface area (Å²) in [5.41, 5.74) is 2.53. The van der Waals surface area contributed by atoms with Crippen LogP contribution in [0.25, 0.3) is 0 Å². The van der Waals surface area contributed by atoms with Gasteiger partial charge in [-0.2, -0.15) is 0 Å². The second kappa shape index (κ2) is 10.6. The second-order valence-corrected chi connectivity index (χ2v) is 9.30. The van der Waals surface area contributed by atoms with Crippen molar-refractivity contribution < 1.29 is 19.2 Å². The topological polar surface area (TPSA) is 131 Å². The molecule has 0 unspecified atom stereocenters. The number of ketones is 2. The summed E-state index contributed by atoms with van der Waals surface area (Å²) in [6.45, 7) is 6.22. The number of imide groups is 1. The van der Waals surface area contributed by atoms with Gasteiger partial charge in [0.05, 0.1) is 0 Å². The Hall–Kier alpha value is -3.86. The summed E-state index contributed by atoms with van der Waals surface area (Å²) in [4.78, 5) is 52.5.